The molecule has 1 atom stereocenters. The molecule has 0 aromatic heterocycles. The maximum absolute atomic E-state index is 15.0. The molecule has 0 fully saturated rings. The second-order valence-electron chi connectivity index (χ2n) is 8.05. The molecule has 190 valence electrons. The van der Waals surface area contributed by atoms with Crippen molar-refractivity contribution in [2.24, 2.45) is 5.73 Å². The zero-order valence-corrected chi connectivity index (χ0v) is 21.0. The smallest absolute Gasteiger partial charge is 0.254 e. The molecule has 1 heterocycles. The fraction of sp³-hybridized carbons (Fsp3) is 0.167. The summed E-state index contributed by atoms with van der Waals surface area (Å²) in [4.78, 5) is 26.5. The predicted octanol–water partition coefficient (Wildman–Crippen LogP) is 3.62. The lowest BCUT2D eigenvalue weighted by atomic mass is 10.1. The van der Waals surface area contributed by atoms with Crippen molar-refractivity contribution in [1.29, 1.82) is 0 Å². The van der Waals surface area contributed by atoms with Crippen molar-refractivity contribution in [2.45, 2.75) is 24.0 Å². The molecule has 36 heavy (non-hydrogen) atoms. The van der Waals surface area contributed by atoms with E-state index in [1.165, 1.54) is 24.3 Å². The lowest BCUT2D eigenvalue weighted by molar-refractivity contribution is -0.119. The van der Waals surface area contributed by atoms with Crippen molar-refractivity contribution in [3.63, 3.8) is 0 Å². The summed E-state index contributed by atoms with van der Waals surface area (Å²) in [5, 5.41) is 2.99. The van der Waals surface area contributed by atoms with Crippen LogP contribution in [-0.2, 0) is 27.7 Å². The Balaban J connectivity index is 0.00000361. The minimum atomic E-state index is -4.13. The zero-order valence-electron chi connectivity index (χ0n) is 18.6. The van der Waals surface area contributed by atoms with Gasteiger partial charge in [-0.25, -0.2) is 17.2 Å². The molecule has 0 saturated heterocycles. The van der Waals surface area contributed by atoms with Gasteiger partial charge in [-0.05, 0) is 47.5 Å². The molecule has 1 aliphatic heterocycles. The Morgan fingerprint density at radius 2 is 1.67 bits per heavy atom. The number of anilines is 1. The Morgan fingerprint density at radius 1 is 1.06 bits per heavy atom. The van der Waals surface area contributed by atoms with Crippen LogP contribution >= 0.6 is 24.0 Å². The molecule has 12 heteroatoms. The summed E-state index contributed by atoms with van der Waals surface area (Å²) in [6, 6.07) is 12.3. The third kappa shape index (κ3) is 5.84. The summed E-state index contributed by atoms with van der Waals surface area (Å²) >= 11 is 5.92. The first-order valence-electron chi connectivity index (χ1n) is 10.5. The van der Waals surface area contributed by atoms with Gasteiger partial charge in [-0.2, -0.15) is 0 Å². The molecule has 0 saturated carbocycles. The standard InChI is InChI=1S/C24H20ClF2N3O4S.ClH/c25-16-5-1-15(2-6-16)12-30-21-9-18(23(31)29-11-14-3-7-17(26)8-4-14)19(27)10-22(21)35(33,34)13-20(28)24(30)32;/h1-10,20H,11-13,28H2,(H,29,31);1H/t20-;/m0./s1. The monoisotopic (exact) mass is 555 g/mol. The lowest BCUT2D eigenvalue weighted by Crippen LogP contribution is -2.45. The molecular formula is C24H21Cl2F2N3O4S. The van der Waals surface area contributed by atoms with E-state index in [1.54, 1.807) is 24.3 Å². The molecule has 3 aromatic rings. The highest BCUT2D eigenvalue weighted by atomic mass is 35.5. The van der Waals surface area contributed by atoms with Crippen LogP contribution in [0.1, 0.15) is 21.5 Å². The average Bonchev–Trinajstić information content (AvgIpc) is 2.88. The summed E-state index contributed by atoms with van der Waals surface area (Å²) in [5.41, 5.74) is 6.46. The highest BCUT2D eigenvalue weighted by Gasteiger charge is 2.37. The topological polar surface area (TPSA) is 110 Å². The third-order valence-corrected chi connectivity index (χ3v) is 7.57. The van der Waals surface area contributed by atoms with Gasteiger partial charge < -0.3 is 16.0 Å². The number of rotatable bonds is 5. The van der Waals surface area contributed by atoms with Crippen LogP contribution in [0.3, 0.4) is 0 Å². The van der Waals surface area contributed by atoms with Crippen molar-refractivity contribution in [3.8, 4) is 0 Å². The minimum absolute atomic E-state index is 0. The first kappa shape index (κ1) is 27.5. The summed E-state index contributed by atoms with van der Waals surface area (Å²) in [5.74, 6) is -3.74. The Labute approximate surface area is 217 Å². The number of hydrogen-bond donors (Lipinski definition) is 2. The lowest BCUT2D eigenvalue weighted by Gasteiger charge is -2.25. The van der Waals surface area contributed by atoms with Gasteiger partial charge in [0.1, 0.15) is 11.6 Å². The van der Waals surface area contributed by atoms with Crippen LogP contribution in [0.2, 0.25) is 5.02 Å². The Hall–Kier alpha value is -3.05. The summed E-state index contributed by atoms with van der Waals surface area (Å²) in [6.07, 6.45) is 0. The molecule has 0 unspecified atom stereocenters. The maximum Gasteiger partial charge on any atom is 0.254 e. The molecule has 4 rings (SSSR count). The van der Waals surface area contributed by atoms with Gasteiger partial charge in [0.15, 0.2) is 9.84 Å². The van der Waals surface area contributed by atoms with Crippen LogP contribution in [0.5, 0.6) is 0 Å². The number of halogens is 4. The number of amides is 2. The Kier molecular flexibility index (Phi) is 8.35. The molecule has 0 spiro atoms. The van der Waals surface area contributed by atoms with Gasteiger partial charge in [0.05, 0.1) is 34.5 Å². The van der Waals surface area contributed by atoms with Gasteiger partial charge in [-0.1, -0.05) is 35.9 Å². The second-order valence-corrected chi connectivity index (χ2v) is 10.5. The molecule has 0 radical (unpaired) electrons. The Morgan fingerprint density at radius 3 is 2.31 bits per heavy atom. The fourth-order valence-corrected chi connectivity index (χ4v) is 5.40. The molecule has 3 aromatic carbocycles. The number of carbonyl (C=O) groups excluding carboxylic acids is 2. The van der Waals surface area contributed by atoms with E-state index >= 15 is 0 Å². The number of hydrogen-bond acceptors (Lipinski definition) is 5. The predicted molar refractivity (Wildman–Crippen MR) is 134 cm³/mol. The van der Waals surface area contributed by atoms with E-state index in [-0.39, 0.29) is 31.2 Å². The van der Waals surface area contributed by atoms with Crippen molar-refractivity contribution in [3.05, 3.63) is 94.0 Å². The first-order valence-corrected chi connectivity index (χ1v) is 12.5. The molecule has 7 nitrogen and oxygen atoms in total. The van der Waals surface area contributed by atoms with E-state index in [1.807, 2.05) is 0 Å². The van der Waals surface area contributed by atoms with Crippen LogP contribution in [-0.4, -0.2) is 32.0 Å². The number of carbonyl (C=O) groups is 2. The van der Waals surface area contributed by atoms with E-state index in [0.717, 1.165) is 17.0 Å². The van der Waals surface area contributed by atoms with Crippen LogP contribution < -0.4 is 16.0 Å². The average molecular weight is 556 g/mol. The molecule has 2 amide bonds. The summed E-state index contributed by atoms with van der Waals surface area (Å²) < 4.78 is 53.8. The van der Waals surface area contributed by atoms with Gasteiger partial charge in [0.2, 0.25) is 5.91 Å². The number of sulfone groups is 1. The van der Waals surface area contributed by atoms with Gasteiger partial charge in [0.25, 0.3) is 5.91 Å². The SMILES string of the molecule is Cl.N[C@H]1CS(=O)(=O)c2cc(F)c(C(=O)NCc3ccc(F)cc3)cc2N(Cc2ccc(Cl)cc2)C1=O. The number of nitrogens with two attached hydrogens (primary N) is 1. The van der Waals surface area contributed by atoms with Crippen LogP contribution in [0.25, 0.3) is 0 Å². The number of nitrogens with one attached hydrogen (secondary N) is 1. The van der Waals surface area contributed by atoms with Crippen molar-refractivity contribution in [2.75, 3.05) is 10.7 Å². The third-order valence-electron chi connectivity index (χ3n) is 5.52. The Bertz CT molecular complexity index is 1400. The van der Waals surface area contributed by atoms with Crippen molar-refractivity contribution >= 4 is 51.3 Å². The van der Waals surface area contributed by atoms with Gasteiger partial charge in [-0.15, -0.1) is 12.4 Å². The van der Waals surface area contributed by atoms with Crippen molar-refractivity contribution in [1.82, 2.24) is 5.32 Å². The number of fused-ring (bicyclic) bond motifs is 1. The quantitative estimate of drug-likeness (QED) is 0.499. The molecule has 3 N–H and O–H groups in total. The van der Waals surface area contributed by atoms with E-state index < -0.39 is 55.5 Å². The van der Waals surface area contributed by atoms with Gasteiger partial charge in [-0.3, -0.25) is 9.59 Å². The summed E-state index contributed by atoms with van der Waals surface area (Å²) in [7, 11) is -4.13. The normalized spacial score (nSPS) is 16.5. The number of benzene rings is 3. The maximum atomic E-state index is 15.0. The van der Waals surface area contributed by atoms with Crippen LogP contribution in [0, 0.1) is 11.6 Å². The zero-order chi connectivity index (χ0) is 25.3. The minimum Gasteiger partial charge on any atom is -0.348 e. The van der Waals surface area contributed by atoms with E-state index in [0.29, 0.717) is 16.1 Å². The summed E-state index contributed by atoms with van der Waals surface area (Å²) in [6.45, 7) is -0.0965. The first-order chi connectivity index (χ1) is 16.5. The van der Waals surface area contributed by atoms with E-state index in [9.17, 15) is 26.8 Å². The van der Waals surface area contributed by atoms with Gasteiger partial charge in [0, 0.05) is 11.6 Å². The van der Waals surface area contributed by atoms with Gasteiger partial charge >= 0.3 is 0 Å². The molecular weight excluding hydrogens is 535 g/mol. The second kappa shape index (κ2) is 10.9. The van der Waals surface area contributed by atoms with Crippen molar-refractivity contribution < 1.29 is 26.8 Å². The van der Waals surface area contributed by atoms with Crippen LogP contribution in [0.15, 0.2) is 65.6 Å². The molecule has 1 aliphatic rings. The van der Waals surface area contributed by atoms with Crippen LogP contribution in [0.4, 0.5) is 14.5 Å². The number of nitrogens with zero attached hydrogens (tertiary/aromatic N) is 1. The van der Waals surface area contributed by atoms with E-state index in [2.05, 4.69) is 5.32 Å². The fourth-order valence-electron chi connectivity index (χ4n) is 3.71. The highest BCUT2D eigenvalue weighted by molar-refractivity contribution is 7.91. The highest BCUT2D eigenvalue weighted by Crippen LogP contribution is 2.34. The molecule has 0 bridgehead atoms. The molecule has 0 aliphatic carbocycles. The van der Waals surface area contributed by atoms with E-state index in [4.69, 9.17) is 17.3 Å². The largest absolute Gasteiger partial charge is 0.348 e.